The van der Waals surface area contributed by atoms with Crippen molar-refractivity contribution in [1.29, 1.82) is 0 Å². The second-order valence-electron chi connectivity index (χ2n) is 9.01. The summed E-state index contributed by atoms with van der Waals surface area (Å²) in [5.41, 5.74) is 5.01. The van der Waals surface area contributed by atoms with Crippen LogP contribution in [0.3, 0.4) is 0 Å². The Hall–Kier alpha value is -4.18. The Kier molecular flexibility index (Phi) is 5.86. The Morgan fingerprint density at radius 1 is 1.14 bits per heavy atom. The fourth-order valence-electron chi connectivity index (χ4n) is 4.81. The minimum atomic E-state index is -0.152. The number of aromatic amines is 1. The van der Waals surface area contributed by atoms with Gasteiger partial charge in [0.25, 0.3) is 0 Å². The van der Waals surface area contributed by atoms with E-state index in [1.807, 2.05) is 36.5 Å². The molecule has 10 heteroatoms. The van der Waals surface area contributed by atoms with Crippen LogP contribution in [0.15, 0.2) is 61.1 Å². The van der Waals surface area contributed by atoms with Crippen molar-refractivity contribution in [2.45, 2.75) is 25.3 Å². The SMILES string of the molecule is COc1ncc(-c2n[nH]c3ccc(-n4cc([C@@H]5CCCN(Cc6ccccc6F)C5)nn4)cc23)cn1. The Bertz CT molecular complexity index is 1500. The van der Waals surface area contributed by atoms with E-state index in [1.165, 1.54) is 13.2 Å². The molecule has 1 atom stereocenters. The number of benzene rings is 2. The van der Waals surface area contributed by atoms with E-state index in [4.69, 9.17) is 4.74 Å². The minimum Gasteiger partial charge on any atom is -0.467 e. The summed E-state index contributed by atoms with van der Waals surface area (Å²) >= 11 is 0. The molecule has 0 amide bonds. The molecule has 3 aromatic heterocycles. The molecule has 4 heterocycles. The van der Waals surface area contributed by atoms with Crippen molar-refractivity contribution in [2.75, 3.05) is 20.2 Å². The molecule has 0 saturated carbocycles. The van der Waals surface area contributed by atoms with Crippen LogP contribution in [0.2, 0.25) is 0 Å². The van der Waals surface area contributed by atoms with Gasteiger partial charge in [-0.05, 0) is 43.7 Å². The molecular weight excluding hydrogens is 459 g/mol. The lowest BCUT2D eigenvalue weighted by Crippen LogP contribution is -2.34. The number of likely N-dealkylation sites (tertiary alicyclic amines) is 1. The number of fused-ring (bicyclic) bond motifs is 1. The molecule has 6 rings (SSSR count). The van der Waals surface area contributed by atoms with Crippen molar-refractivity contribution >= 4 is 10.9 Å². The summed E-state index contributed by atoms with van der Waals surface area (Å²) < 4.78 is 21.0. The summed E-state index contributed by atoms with van der Waals surface area (Å²) in [5.74, 6) is 0.102. The van der Waals surface area contributed by atoms with Crippen molar-refractivity contribution in [2.24, 2.45) is 0 Å². The molecule has 1 aliphatic rings. The Labute approximate surface area is 207 Å². The van der Waals surface area contributed by atoms with Crippen molar-refractivity contribution in [1.82, 2.24) is 40.1 Å². The standard InChI is InChI=1S/C26H25FN8O/c1-36-26-28-12-19(13-29-26)25-21-11-20(8-9-23(21)30-32-25)35-16-24(31-33-35)18-6-4-10-34(15-18)14-17-5-2-3-7-22(17)27/h2-3,5,7-9,11-13,16,18H,4,6,10,14-15H2,1H3,(H,30,32)/t18-/m1/s1. The number of methoxy groups -OCH3 is 1. The summed E-state index contributed by atoms with van der Waals surface area (Å²) in [6.45, 7) is 2.38. The lowest BCUT2D eigenvalue weighted by molar-refractivity contribution is 0.196. The van der Waals surface area contributed by atoms with Crippen LogP contribution in [0, 0.1) is 5.82 Å². The van der Waals surface area contributed by atoms with E-state index in [2.05, 4.69) is 35.4 Å². The molecule has 0 unspecified atom stereocenters. The van der Waals surface area contributed by atoms with Crippen LogP contribution in [0.5, 0.6) is 6.01 Å². The highest BCUT2D eigenvalue weighted by Crippen LogP contribution is 2.30. The molecule has 9 nitrogen and oxygen atoms in total. The fourth-order valence-corrected chi connectivity index (χ4v) is 4.81. The zero-order valence-corrected chi connectivity index (χ0v) is 19.8. The lowest BCUT2D eigenvalue weighted by atomic mass is 9.95. The maximum atomic E-state index is 14.1. The third kappa shape index (κ3) is 4.31. The predicted molar refractivity (Wildman–Crippen MR) is 132 cm³/mol. The third-order valence-electron chi connectivity index (χ3n) is 6.68. The average molecular weight is 485 g/mol. The molecule has 1 aliphatic heterocycles. The largest absolute Gasteiger partial charge is 0.467 e. The van der Waals surface area contributed by atoms with Gasteiger partial charge in [-0.2, -0.15) is 5.10 Å². The Morgan fingerprint density at radius 2 is 2.00 bits per heavy atom. The van der Waals surface area contributed by atoms with Gasteiger partial charge in [0.15, 0.2) is 0 Å². The summed E-state index contributed by atoms with van der Waals surface area (Å²) in [6.07, 6.45) is 7.46. The van der Waals surface area contributed by atoms with Gasteiger partial charge >= 0.3 is 6.01 Å². The summed E-state index contributed by atoms with van der Waals surface area (Å²) in [6, 6.07) is 13.3. The number of rotatable bonds is 6. The molecule has 0 bridgehead atoms. The molecule has 1 fully saturated rings. The Morgan fingerprint density at radius 3 is 2.83 bits per heavy atom. The smallest absolute Gasteiger partial charge is 0.316 e. The van der Waals surface area contributed by atoms with Crippen LogP contribution in [-0.4, -0.2) is 60.3 Å². The van der Waals surface area contributed by atoms with Gasteiger partial charge in [-0.15, -0.1) is 5.10 Å². The fraction of sp³-hybridized carbons (Fsp3) is 0.269. The molecular formula is C26H25FN8O. The number of halogens is 1. The van der Waals surface area contributed by atoms with E-state index in [1.54, 1.807) is 23.1 Å². The third-order valence-corrected chi connectivity index (χ3v) is 6.68. The van der Waals surface area contributed by atoms with Crippen molar-refractivity contribution in [3.8, 4) is 23.0 Å². The molecule has 1 saturated heterocycles. The van der Waals surface area contributed by atoms with E-state index in [-0.39, 0.29) is 11.7 Å². The van der Waals surface area contributed by atoms with E-state index in [0.29, 0.717) is 12.6 Å². The number of nitrogens with zero attached hydrogens (tertiary/aromatic N) is 7. The summed E-state index contributed by atoms with van der Waals surface area (Å²) in [7, 11) is 1.53. The lowest BCUT2D eigenvalue weighted by Gasteiger charge is -2.31. The first-order valence-electron chi connectivity index (χ1n) is 11.9. The number of piperidine rings is 1. The number of hydrogen-bond donors (Lipinski definition) is 1. The number of aromatic nitrogens is 7. The number of nitrogens with one attached hydrogen (secondary N) is 1. The average Bonchev–Trinajstić information content (AvgIpc) is 3.58. The van der Waals surface area contributed by atoms with E-state index >= 15 is 0 Å². The second kappa shape index (κ2) is 9.46. The molecule has 0 aliphatic carbocycles. The number of H-pyrrole nitrogens is 1. The zero-order valence-electron chi connectivity index (χ0n) is 19.8. The van der Waals surface area contributed by atoms with Crippen molar-refractivity contribution in [3.05, 3.63) is 78.1 Å². The zero-order chi connectivity index (χ0) is 24.5. The quantitative estimate of drug-likeness (QED) is 0.387. The number of hydrogen-bond acceptors (Lipinski definition) is 7. The van der Waals surface area contributed by atoms with Crippen LogP contribution in [0.25, 0.3) is 27.8 Å². The van der Waals surface area contributed by atoms with Crippen LogP contribution in [0.4, 0.5) is 4.39 Å². The van der Waals surface area contributed by atoms with Crippen LogP contribution in [0.1, 0.15) is 30.0 Å². The normalized spacial score (nSPS) is 16.4. The summed E-state index contributed by atoms with van der Waals surface area (Å²) in [4.78, 5) is 10.7. The van der Waals surface area contributed by atoms with Crippen LogP contribution >= 0.6 is 0 Å². The van der Waals surface area contributed by atoms with Crippen LogP contribution < -0.4 is 4.74 Å². The van der Waals surface area contributed by atoms with Crippen LogP contribution in [-0.2, 0) is 6.54 Å². The first-order chi connectivity index (χ1) is 17.7. The monoisotopic (exact) mass is 484 g/mol. The molecule has 2 aromatic carbocycles. The van der Waals surface area contributed by atoms with Crippen molar-refractivity contribution in [3.63, 3.8) is 0 Å². The molecule has 36 heavy (non-hydrogen) atoms. The number of ether oxygens (including phenoxy) is 1. The van der Waals surface area contributed by atoms with Crippen molar-refractivity contribution < 1.29 is 9.13 Å². The molecule has 182 valence electrons. The predicted octanol–water partition coefficient (Wildman–Crippen LogP) is 4.13. The molecule has 1 N–H and O–H groups in total. The highest BCUT2D eigenvalue weighted by atomic mass is 19.1. The van der Waals surface area contributed by atoms with Gasteiger partial charge in [-0.25, -0.2) is 19.0 Å². The maximum Gasteiger partial charge on any atom is 0.316 e. The van der Waals surface area contributed by atoms with E-state index in [9.17, 15) is 4.39 Å². The maximum absolute atomic E-state index is 14.1. The Balaban J connectivity index is 1.23. The van der Waals surface area contributed by atoms with Gasteiger partial charge in [0, 0.05) is 47.9 Å². The summed E-state index contributed by atoms with van der Waals surface area (Å²) in [5, 5.41) is 17.4. The van der Waals surface area contributed by atoms with E-state index < -0.39 is 0 Å². The highest BCUT2D eigenvalue weighted by Gasteiger charge is 2.24. The highest BCUT2D eigenvalue weighted by molar-refractivity contribution is 5.93. The van der Waals surface area contributed by atoms with Gasteiger partial charge < -0.3 is 4.74 Å². The first kappa shape index (κ1) is 22.3. The van der Waals surface area contributed by atoms with Gasteiger partial charge in [-0.3, -0.25) is 10.00 Å². The molecule has 5 aromatic rings. The molecule has 0 spiro atoms. The molecule has 0 radical (unpaired) electrons. The van der Waals surface area contributed by atoms with E-state index in [0.717, 1.165) is 65.0 Å². The van der Waals surface area contributed by atoms with Gasteiger partial charge in [0.2, 0.25) is 0 Å². The van der Waals surface area contributed by atoms with Gasteiger partial charge in [-0.1, -0.05) is 23.4 Å². The topological polar surface area (TPSA) is 97.6 Å². The van der Waals surface area contributed by atoms with Gasteiger partial charge in [0.05, 0.1) is 30.2 Å². The first-order valence-corrected chi connectivity index (χ1v) is 11.9. The van der Waals surface area contributed by atoms with Gasteiger partial charge in [0.1, 0.15) is 11.5 Å². The minimum absolute atomic E-state index is 0.152. The second-order valence-corrected chi connectivity index (χ2v) is 9.01.